The highest BCUT2D eigenvalue weighted by atomic mass is 127. The number of ether oxygens (including phenoxy) is 1. The Bertz CT molecular complexity index is 459. The minimum atomic E-state index is -4.78. The molecule has 1 heterocycles. The van der Waals surface area contributed by atoms with E-state index in [0.29, 0.717) is 14.5 Å². The summed E-state index contributed by atoms with van der Waals surface area (Å²) in [6.07, 6.45) is -4.85. The minimum absolute atomic E-state index is 0.0635. The van der Waals surface area contributed by atoms with E-state index in [0.717, 1.165) is 0 Å². The van der Waals surface area contributed by atoms with E-state index in [1.165, 1.54) is 6.07 Å². The molecule has 0 radical (unpaired) electrons. The molecule has 17 heavy (non-hydrogen) atoms. The zero-order valence-corrected chi connectivity index (χ0v) is 11.9. The Kier molecular flexibility index (Phi) is 5.00. The van der Waals surface area contributed by atoms with Crippen LogP contribution in [0.2, 0.25) is 0 Å². The van der Waals surface area contributed by atoms with Gasteiger partial charge in [0, 0.05) is 15.0 Å². The van der Waals surface area contributed by atoms with Crippen molar-refractivity contribution in [2.24, 2.45) is 0 Å². The van der Waals surface area contributed by atoms with Gasteiger partial charge in [0.1, 0.15) is 0 Å². The van der Waals surface area contributed by atoms with Crippen LogP contribution < -0.4 is 4.74 Å². The molecule has 0 atom stereocenters. The van der Waals surface area contributed by atoms with Crippen molar-refractivity contribution in [1.29, 1.82) is 5.26 Å². The summed E-state index contributed by atoms with van der Waals surface area (Å²) in [5, 5.41) is 9.00. The molecule has 1 aromatic rings. The average molecular weight is 421 g/mol. The van der Waals surface area contributed by atoms with Gasteiger partial charge in [0.25, 0.3) is 0 Å². The fourth-order valence-corrected chi connectivity index (χ4v) is 3.02. The van der Waals surface area contributed by atoms with Gasteiger partial charge in [0.05, 0.1) is 18.2 Å². The normalized spacial score (nSPS) is 11.1. The average Bonchev–Trinajstić information content (AvgIpc) is 2.15. The molecule has 0 saturated carbocycles. The van der Waals surface area contributed by atoms with Gasteiger partial charge < -0.3 is 4.74 Å². The number of hydrogen-bond acceptors (Lipinski definition) is 3. The fraction of sp³-hybridized carbons (Fsp3) is 0.333. The number of hydrogen-bond donors (Lipinski definition) is 0. The maximum Gasteiger partial charge on any atom is 0.574 e. The van der Waals surface area contributed by atoms with Gasteiger partial charge in [-0.3, -0.25) is 0 Å². The summed E-state index contributed by atoms with van der Waals surface area (Å²) in [5.41, 5.74) is 0.984. The molecule has 0 spiro atoms. The zero-order chi connectivity index (χ0) is 13.1. The Morgan fingerprint density at radius 3 is 2.65 bits per heavy atom. The molecule has 0 bridgehead atoms. The molecular formula is C9H5BrF3IN2O. The van der Waals surface area contributed by atoms with Crippen molar-refractivity contribution in [2.75, 3.05) is 0 Å². The predicted molar refractivity (Wildman–Crippen MR) is 65.6 cm³/mol. The van der Waals surface area contributed by atoms with Crippen LogP contribution in [0, 0.1) is 14.9 Å². The maximum atomic E-state index is 12.0. The number of nitrogens with zero attached hydrogens (tertiary/aromatic N) is 2. The van der Waals surface area contributed by atoms with E-state index < -0.39 is 12.2 Å². The van der Waals surface area contributed by atoms with Crippen LogP contribution >= 0.6 is 38.5 Å². The highest BCUT2D eigenvalue weighted by Gasteiger charge is 2.32. The lowest BCUT2D eigenvalue weighted by molar-refractivity contribution is -0.276. The Labute approximate surface area is 117 Å². The van der Waals surface area contributed by atoms with Crippen LogP contribution in [0.5, 0.6) is 5.88 Å². The van der Waals surface area contributed by atoms with Crippen LogP contribution in [-0.2, 0) is 11.8 Å². The van der Waals surface area contributed by atoms with E-state index >= 15 is 0 Å². The van der Waals surface area contributed by atoms with Crippen LogP contribution in [0.15, 0.2) is 6.07 Å². The number of nitriles is 1. The quantitative estimate of drug-likeness (QED) is 0.555. The summed E-state index contributed by atoms with van der Waals surface area (Å²) in [6.45, 7) is 0. The van der Waals surface area contributed by atoms with Crippen LogP contribution in [0.25, 0.3) is 0 Å². The van der Waals surface area contributed by atoms with Crippen LogP contribution in [0.3, 0.4) is 0 Å². The summed E-state index contributed by atoms with van der Waals surface area (Å²) < 4.78 is 40.4. The van der Waals surface area contributed by atoms with E-state index in [1.807, 2.05) is 28.7 Å². The molecule has 0 aliphatic heterocycles. The summed E-state index contributed by atoms with van der Waals surface area (Å²) in [4.78, 5) is 3.68. The van der Waals surface area contributed by atoms with Crippen molar-refractivity contribution in [1.82, 2.24) is 4.98 Å². The number of rotatable bonds is 3. The van der Waals surface area contributed by atoms with Crippen LogP contribution in [0.1, 0.15) is 11.3 Å². The van der Waals surface area contributed by atoms with E-state index in [4.69, 9.17) is 5.26 Å². The second-order valence-corrected chi connectivity index (χ2v) is 4.61. The first-order valence-corrected chi connectivity index (χ1v) is 6.44. The fourth-order valence-electron chi connectivity index (χ4n) is 1.10. The molecule has 92 valence electrons. The molecule has 3 nitrogen and oxygen atoms in total. The van der Waals surface area contributed by atoms with Gasteiger partial charge >= 0.3 is 6.36 Å². The summed E-state index contributed by atoms with van der Waals surface area (Å²) in [7, 11) is 0. The van der Waals surface area contributed by atoms with Crippen molar-refractivity contribution in [3.05, 3.63) is 20.9 Å². The maximum absolute atomic E-state index is 12.0. The summed E-state index contributed by atoms with van der Waals surface area (Å²) in [6, 6.07) is 3.04. The standard InChI is InChI=1S/C9H5BrF3IN2O/c10-4-5-6(14)3-8(17-9(11,12)13)16-7(5)1-2-15/h3H,1,4H2. The molecule has 8 heteroatoms. The van der Waals surface area contributed by atoms with Crippen LogP contribution in [0.4, 0.5) is 13.2 Å². The molecule has 0 aliphatic rings. The van der Waals surface area contributed by atoms with Gasteiger partial charge in [-0.2, -0.15) is 5.26 Å². The molecule has 0 amide bonds. The van der Waals surface area contributed by atoms with Crippen molar-refractivity contribution < 1.29 is 17.9 Å². The van der Waals surface area contributed by atoms with Gasteiger partial charge in [-0.1, -0.05) is 15.9 Å². The van der Waals surface area contributed by atoms with Crippen molar-refractivity contribution in [3.63, 3.8) is 0 Å². The lowest BCUT2D eigenvalue weighted by Gasteiger charge is -2.12. The van der Waals surface area contributed by atoms with Crippen molar-refractivity contribution in [2.45, 2.75) is 18.1 Å². The topological polar surface area (TPSA) is 45.9 Å². The van der Waals surface area contributed by atoms with Gasteiger partial charge in [0.2, 0.25) is 5.88 Å². The molecule has 0 N–H and O–H groups in total. The third-order valence-electron chi connectivity index (χ3n) is 1.73. The largest absolute Gasteiger partial charge is 0.574 e. The van der Waals surface area contributed by atoms with E-state index in [-0.39, 0.29) is 12.1 Å². The Hall–Kier alpha value is -0.560. The molecular weight excluding hydrogens is 416 g/mol. The number of pyridine rings is 1. The Morgan fingerprint density at radius 2 is 2.18 bits per heavy atom. The lowest BCUT2D eigenvalue weighted by Crippen LogP contribution is -2.18. The third kappa shape index (κ3) is 4.31. The third-order valence-corrected chi connectivity index (χ3v) is 3.26. The van der Waals surface area contributed by atoms with Crippen molar-refractivity contribution >= 4 is 38.5 Å². The first-order chi connectivity index (χ1) is 7.87. The van der Waals surface area contributed by atoms with E-state index in [9.17, 15) is 13.2 Å². The SMILES string of the molecule is N#CCc1nc(OC(F)(F)F)cc(I)c1CBr. The van der Waals surface area contributed by atoms with E-state index in [2.05, 4.69) is 25.7 Å². The second kappa shape index (κ2) is 5.86. The summed E-state index contributed by atoms with van der Waals surface area (Å²) in [5.74, 6) is -0.545. The highest BCUT2D eigenvalue weighted by Crippen LogP contribution is 2.27. The zero-order valence-electron chi connectivity index (χ0n) is 8.18. The number of halogens is 5. The van der Waals surface area contributed by atoms with E-state index in [1.54, 1.807) is 0 Å². The van der Waals surface area contributed by atoms with Crippen molar-refractivity contribution in [3.8, 4) is 11.9 Å². The monoisotopic (exact) mass is 420 g/mol. The Morgan fingerprint density at radius 1 is 1.53 bits per heavy atom. The van der Waals surface area contributed by atoms with Gasteiger partial charge in [-0.25, -0.2) is 4.98 Å². The molecule has 1 aromatic heterocycles. The molecule has 1 rings (SSSR count). The number of alkyl halides is 4. The first kappa shape index (κ1) is 14.5. The molecule has 0 saturated heterocycles. The molecule has 0 aromatic carbocycles. The second-order valence-electron chi connectivity index (χ2n) is 2.88. The van der Waals surface area contributed by atoms with Gasteiger partial charge in [-0.05, 0) is 28.2 Å². The summed E-state index contributed by atoms with van der Waals surface area (Å²) >= 11 is 5.07. The smallest absolute Gasteiger partial charge is 0.388 e. The van der Waals surface area contributed by atoms with Crippen LogP contribution in [-0.4, -0.2) is 11.3 Å². The van der Waals surface area contributed by atoms with Gasteiger partial charge in [0.15, 0.2) is 0 Å². The highest BCUT2D eigenvalue weighted by molar-refractivity contribution is 14.1. The molecule has 0 fully saturated rings. The Balaban J connectivity index is 3.15. The minimum Gasteiger partial charge on any atom is -0.388 e. The number of aromatic nitrogens is 1. The predicted octanol–water partition coefficient (Wildman–Crippen LogP) is 3.55. The molecule has 0 aliphatic carbocycles. The first-order valence-electron chi connectivity index (χ1n) is 4.24. The molecule has 0 unspecified atom stereocenters. The lowest BCUT2D eigenvalue weighted by atomic mass is 10.2. The van der Waals surface area contributed by atoms with Gasteiger partial charge in [-0.15, -0.1) is 13.2 Å².